The number of hydrogen-bond acceptors (Lipinski definition) is 4. The highest BCUT2D eigenvalue weighted by Gasteiger charge is 2.19. The van der Waals surface area contributed by atoms with Crippen LogP contribution in [0.3, 0.4) is 0 Å². The molecule has 0 radical (unpaired) electrons. The van der Waals surface area contributed by atoms with Crippen molar-refractivity contribution in [2.24, 2.45) is 0 Å². The number of rotatable bonds is 7. The average Bonchev–Trinajstić information content (AvgIpc) is 2.60. The highest BCUT2D eigenvalue weighted by atomic mass is 32.2. The highest BCUT2D eigenvalue weighted by molar-refractivity contribution is 7.89. The standard InChI is InChI=1S/C19H24N2O4S/c1-13-6-5-7-17(10-13)25-9-8-21-19(22)16-11-14(2)15(3)18(12-16)26(23,24)20-4/h5-7,10-12,20H,8-9H2,1-4H3,(H,21,22). The van der Waals surface area contributed by atoms with Crippen molar-refractivity contribution in [3.8, 4) is 5.75 Å². The van der Waals surface area contributed by atoms with Crippen molar-refractivity contribution in [1.29, 1.82) is 0 Å². The van der Waals surface area contributed by atoms with Crippen LogP contribution in [0.25, 0.3) is 0 Å². The number of carbonyl (C=O) groups excluding carboxylic acids is 1. The summed E-state index contributed by atoms with van der Waals surface area (Å²) in [6, 6.07) is 10.7. The van der Waals surface area contributed by atoms with Gasteiger partial charge in [0.25, 0.3) is 5.91 Å². The summed E-state index contributed by atoms with van der Waals surface area (Å²) in [5, 5.41) is 2.75. The third-order valence-electron chi connectivity index (χ3n) is 4.09. The van der Waals surface area contributed by atoms with E-state index >= 15 is 0 Å². The van der Waals surface area contributed by atoms with Gasteiger partial charge in [-0.05, 0) is 68.8 Å². The molecule has 0 bridgehead atoms. The first kappa shape index (κ1) is 19.9. The molecule has 0 heterocycles. The number of carbonyl (C=O) groups is 1. The molecule has 0 fully saturated rings. The smallest absolute Gasteiger partial charge is 0.251 e. The van der Waals surface area contributed by atoms with E-state index in [2.05, 4.69) is 10.0 Å². The van der Waals surface area contributed by atoms with Gasteiger partial charge in [-0.1, -0.05) is 12.1 Å². The van der Waals surface area contributed by atoms with Crippen molar-refractivity contribution in [2.45, 2.75) is 25.7 Å². The summed E-state index contributed by atoms with van der Waals surface area (Å²) in [7, 11) is -2.28. The lowest BCUT2D eigenvalue weighted by Gasteiger charge is -2.13. The van der Waals surface area contributed by atoms with Gasteiger partial charge in [0.1, 0.15) is 12.4 Å². The zero-order chi connectivity index (χ0) is 19.3. The zero-order valence-electron chi connectivity index (χ0n) is 15.4. The highest BCUT2D eigenvalue weighted by Crippen LogP contribution is 2.21. The molecule has 2 aromatic carbocycles. The number of ether oxygens (including phenoxy) is 1. The second-order valence-electron chi connectivity index (χ2n) is 6.04. The molecule has 0 saturated heterocycles. The summed E-state index contributed by atoms with van der Waals surface area (Å²) in [5.41, 5.74) is 2.76. The van der Waals surface area contributed by atoms with Gasteiger partial charge in [-0.15, -0.1) is 0 Å². The van der Waals surface area contributed by atoms with Crippen LogP contribution in [0.2, 0.25) is 0 Å². The average molecular weight is 376 g/mol. The largest absolute Gasteiger partial charge is 0.492 e. The predicted molar refractivity (Wildman–Crippen MR) is 101 cm³/mol. The third-order valence-corrected chi connectivity index (χ3v) is 5.63. The normalized spacial score (nSPS) is 11.2. The van der Waals surface area contributed by atoms with E-state index in [0.717, 1.165) is 16.9 Å². The number of aryl methyl sites for hydroxylation is 2. The van der Waals surface area contributed by atoms with Crippen LogP contribution in [-0.4, -0.2) is 34.5 Å². The molecule has 0 aromatic heterocycles. The lowest BCUT2D eigenvalue weighted by molar-refractivity contribution is 0.0946. The quantitative estimate of drug-likeness (QED) is 0.727. The third kappa shape index (κ3) is 4.83. The van der Waals surface area contributed by atoms with Crippen LogP contribution in [0, 0.1) is 20.8 Å². The van der Waals surface area contributed by atoms with E-state index in [0.29, 0.717) is 24.3 Å². The van der Waals surface area contributed by atoms with E-state index in [-0.39, 0.29) is 10.8 Å². The van der Waals surface area contributed by atoms with Gasteiger partial charge < -0.3 is 10.1 Å². The SMILES string of the molecule is CNS(=O)(=O)c1cc(C(=O)NCCOc2cccc(C)c2)cc(C)c1C. The Hall–Kier alpha value is -2.38. The Morgan fingerprint density at radius 3 is 2.50 bits per heavy atom. The second-order valence-corrected chi connectivity index (χ2v) is 7.90. The zero-order valence-corrected chi connectivity index (χ0v) is 16.2. The Morgan fingerprint density at radius 1 is 1.12 bits per heavy atom. The van der Waals surface area contributed by atoms with E-state index in [9.17, 15) is 13.2 Å². The number of sulfonamides is 1. The summed E-state index contributed by atoms with van der Waals surface area (Å²) in [6.07, 6.45) is 0. The molecule has 0 spiro atoms. The summed E-state index contributed by atoms with van der Waals surface area (Å²) < 4.78 is 32.1. The second kappa shape index (κ2) is 8.33. The predicted octanol–water partition coefficient (Wildman–Crippen LogP) is 2.33. The fraction of sp³-hybridized carbons (Fsp3) is 0.316. The maximum absolute atomic E-state index is 12.4. The fourth-order valence-corrected chi connectivity index (χ4v) is 3.55. The van der Waals surface area contributed by atoms with Crippen molar-refractivity contribution in [2.75, 3.05) is 20.2 Å². The minimum atomic E-state index is -3.63. The van der Waals surface area contributed by atoms with Gasteiger partial charge in [0.2, 0.25) is 10.0 Å². The van der Waals surface area contributed by atoms with Crippen molar-refractivity contribution in [3.05, 3.63) is 58.7 Å². The lowest BCUT2D eigenvalue weighted by atomic mass is 10.1. The Bertz CT molecular complexity index is 908. The van der Waals surface area contributed by atoms with E-state index in [1.54, 1.807) is 19.9 Å². The first-order valence-corrected chi connectivity index (χ1v) is 9.75. The van der Waals surface area contributed by atoms with E-state index in [4.69, 9.17) is 4.74 Å². The van der Waals surface area contributed by atoms with Crippen molar-refractivity contribution in [1.82, 2.24) is 10.0 Å². The van der Waals surface area contributed by atoms with Gasteiger partial charge in [-0.25, -0.2) is 13.1 Å². The number of hydrogen-bond donors (Lipinski definition) is 2. The number of benzene rings is 2. The molecule has 0 aliphatic heterocycles. The van der Waals surface area contributed by atoms with Crippen LogP contribution in [0.1, 0.15) is 27.0 Å². The van der Waals surface area contributed by atoms with Crippen LogP contribution >= 0.6 is 0 Å². The molecule has 0 atom stereocenters. The minimum Gasteiger partial charge on any atom is -0.492 e. The monoisotopic (exact) mass is 376 g/mol. The fourth-order valence-electron chi connectivity index (χ4n) is 2.49. The van der Waals surface area contributed by atoms with Gasteiger partial charge in [-0.3, -0.25) is 4.79 Å². The Kier molecular flexibility index (Phi) is 6.39. The molecule has 0 aliphatic carbocycles. The molecule has 7 heteroatoms. The van der Waals surface area contributed by atoms with Crippen molar-refractivity contribution >= 4 is 15.9 Å². The Labute approximate surface area is 154 Å². The summed E-state index contributed by atoms with van der Waals surface area (Å²) in [4.78, 5) is 12.5. The molecule has 2 aromatic rings. The first-order valence-electron chi connectivity index (χ1n) is 8.27. The van der Waals surface area contributed by atoms with Crippen LogP contribution in [0.15, 0.2) is 41.3 Å². The summed E-state index contributed by atoms with van der Waals surface area (Å²) in [5.74, 6) is 0.404. The van der Waals surface area contributed by atoms with Crippen molar-refractivity contribution in [3.63, 3.8) is 0 Å². The maximum atomic E-state index is 12.4. The van der Waals surface area contributed by atoms with Gasteiger partial charge in [-0.2, -0.15) is 0 Å². The van der Waals surface area contributed by atoms with Gasteiger partial charge in [0, 0.05) is 5.56 Å². The van der Waals surface area contributed by atoms with Crippen molar-refractivity contribution < 1.29 is 17.9 Å². The molecule has 2 rings (SSSR count). The summed E-state index contributed by atoms with van der Waals surface area (Å²) >= 11 is 0. The number of nitrogens with one attached hydrogen (secondary N) is 2. The molecule has 0 aliphatic rings. The van der Waals surface area contributed by atoms with E-state index in [1.807, 2.05) is 31.2 Å². The van der Waals surface area contributed by atoms with Gasteiger partial charge in [0.05, 0.1) is 11.4 Å². The van der Waals surface area contributed by atoms with Gasteiger partial charge in [0.15, 0.2) is 0 Å². The van der Waals surface area contributed by atoms with Gasteiger partial charge >= 0.3 is 0 Å². The van der Waals surface area contributed by atoms with Crippen LogP contribution in [0.4, 0.5) is 0 Å². The number of amides is 1. The molecule has 1 amide bonds. The molecule has 26 heavy (non-hydrogen) atoms. The molecular weight excluding hydrogens is 352 g/mol. The van der Waals surface area contributed by atoms with Crippen LogP contribution in [0.5, 0.6) is 5.75 Å². The molecule has 0 unspecified atom stereocenters. The van der Waals surface area contributed by atoms with Crippen LogP contribution < -0.4 is 14.8 Å². The Balaban J connectivity index is 2.03. The maximum Gasteiger partial charge on any atom is 0.251 e. The Morgan fingerprint density at radius 2 is 1.85 bits per heavy atom. The first-order chi connectivity index (χ1) is 12.2. The minimum absolute atomic E-state index is 0.112. The molecule has 140 valence electrons. The molecule has 2 N–H and O–H groups in total. The van der Waals surface area contributed by atoms with E-state index in [1.165, 1.54) is 13.1 Å². The topological polar surface area (TPSA) is 84.5 Å². The molecule has 6 nitrogen and oxygen atoms in total. The molecule has 0 saturated carbocycles. The van der Waals surface area contributed by atoms with E-state index < -0.39 is 10.0 Å². The molecular formula is C19H24N2O4S. The lowest BCUT2D eigenvalue weighted by Crippen LogP contribution is -2.29. The summed E-state index contributed by atoms with van der Waals surface area (Å²) in [6.45, 7) is 6.11. The van der Waals surface area contributed by atoms with Crippen LogP contribution in [-0.2, 0) is 10.0 Å².